The number of aromatic amines is 1. The molecule has 2 aromatic rings. The van der Waals surface area contributed by atoms with E-state index >= 15 is 0 Å². The molecule has 0 bridgehead atoms. The number of aromatic nitrogens is 2. The fourth-order valence-corrected chi connectivity index (χ4v) is 3.39. The van der Waals surface area contributed by atoms with Crippen LogP contribution in [0.2, 0.25) is 0 Å². The maximum absolute atomic E-state index is 13.7. The number of nitrogens with one attached hydrogen (secondary N) is 3. The first-order valence-corrected chi connectivity index (χ1v) is 9.38. The number of H-pyrrole nitrogens is 1. The van der Waals surface area contributed by atoms with Gasteiger partial charge < -0.3 is 10.6 Å². The number of anilines is 1. The Bertz CT molecular complexity index is 894. The molecule has 9 nitrogen and oxygen atoms in total. The zero-order valence-corrected chi connectivity index (χ0v) is 15.3. The molecular formula is C16H17F2N5O4S. The lowest BCUT2D eigenvalue weighted by atomic mass is 10.1. The topological polar surface area (TPSA) is 127 Å². The minimum Gasteiger partial charge on any atom is -0.348 e. The fourth-order valence-electron chi connectivity index (χ4n) is 2.87. The van der Waals surface area contributed by atoms with E-state index in [-0.39, 0.29) is 17.4 Å². The van der Waals surface area contributed by atoms with Crippen LogP contribution in [-0.2, 0) is 11.3 Å². The van der Waals surface area contributed by atoms with Gasteiger partial charge in [-0.05, 0) is 25.0 Å². The summed E-state index contributed by atoms with van der Waals surface area (Å²) in [5.41, 5.74) is -0.864. The molecule has 1 saturated heterocycles. The molecule has 1 aliphatic rings. The van der Waals surface area contributed by atoms with Crippen molar-refractivity contribution in [1.82, 2.24) is 19.8 Å². The molecule has 1 atom stereocenters. The third-order valence-electron chi connectivity index (χ3n) is 4.31. The molecule has 1 unspecified atom stereocenters. The van der Waals surface area contributed by atoms with Crippen molar-refractivity contribution in [3.05, 3.63) is 47.3 Å². The Morgan fingerprint density at radius 2 is 1.86 bits per heavy atom. The van der Waals surface area contributed by atoms with Crippen molar-refractivity contribution in [3.8, 4) is 0 Å². The molecule has 28 heavy (non-hydrogen) atoms. The molecule has 1 fully saturated rings. The lowest BCUT2D eigenvalue weighted by Gasteiger charge is -2.29. The second-order valence-electron chi connectivity index (χ2n) is 6.12. The van der Waals surface area contributed by atoms with Gasteiger partial charge in [0.25, 0.3) is 11.8 Å². The summed E-state index contributed by atoms with van der Waals surface area (Å²) in [6.45, 7) is 0.681. The molecule has 1 aromatic carbocycles. The van der Waals surface area contributed by atoms with Gasteiger partial charge in [-0.15, -0.1) is 0 Å². The van der Waals surface area contributed by atoms with E-state index in [1.165, 1.54) is 4.31 Å². The number of hydrogen-bond acceptors (Lipinski definition) is 4. The van der Waals surface area contributed by atoms with Crippen molar-refractivity contribution in [3.63, 3.8) is 0 Å². The van der Waals surface area contributed by atoms with Crippen LogP contribution in [0.1, 0.15) is 33.7 Å². The minimum absolute atomic E-state index is 0.0287. The van der Waals surface area contributed by atoms with Gasteiger partial charge in [0.05, 0.1) is 11.9 Å². The average Bonchev–Trinajstić information content (AvgIpc) is 3.10. The Labute approximate surface area is 160 Å². The molecule has 3 rings (SSSR count). The van der Waals surface area contributed by atoms with E-state index in [9.17, 15) is 22.6 Å². The SMILES string of the molecule is O=C(NC1CCN(S(=O)O)CC1)c1[nH]ncc1NC(=O)c1c(F)cccc1F. The van der Waals surface area contributed by atoms with Crippen LogP contribution in [0, 0.1) is 11.6 Å². The zero-order valence-electron chi connectivity index (χ0n) is 14.4. The number of rotatable bonds is 5. The second-order valence-corrected chi connectivity index (χ2v) is 7.09. The van der Waals surface area contributed by atoms with Crippen molar-refractivity contribution >= 4 is 28.8 Å². The fraction of sp³-hybridized carbons (Fsp3) is 0.312. The summed E-state index contributed by atoms with van der Waals surface area (Å²) in [5, 5.41) is 11.2. The van der Waals surface area contributed by atoms with Crippen LogP contribution in [0.4, 0.5) is 14.5 Å². The summed E-state index contributed by atoms with van der Waals surface area (Å²) in [4.78, 5) is 24.7. The molecule has 12 heteroatoms. The quantitative estimate of drug-likeness (QED) is 0.549. The Morgan fingerprint density at radius 1 is 1.21 bits per heavy atom. The van der Waals surface area contributed by atoms with Crippen LogP contribution in [0.3, 0.4) is 0 Å². The van der Waals surface area contributed by atoms with E-state index < -0.39 is 40.3 Å². The first kappa shape index (κ1) is 20.0. The minimum atomic E-state index is -2.05. The predicted molar refractivity (Wildman–Crippen MR) is 95.7 cm³/mol. The molecule has 0 aliphatic carbocycles. The molecule has 2 amide bonds. The average molecular weight is 413 g/mol. The van der Waals surface area contributed by atoms with Crippen LogP contribution in [0.5, 0.6) is 0 Å². The molecule has 1 aromatic heterocycles. The molecule has 1 aliphatic heterocycles. The molecular weight excluding hydrogens is 396 g/mol. The third-order valence-corrected chi connectivity index (χ3v) is 5.12. The van der Waals surface area contributed by atoms with E-state index in [0.29, 0.717) is 25.9 Å². The van der Waals surface area contributed by atoms with E-state index in [4.69, 9.17) is 4.55 Å². The van der Waals surface area contributed by atoms with Crippen LogP contribution >= 0.6 is 0 Å². The number of nitrogens with zero attached hydrogens (tertiary/aromatic N) is 2. The van der Waals surface area contributed by atoms with Gasteiger partial charge >= 0.3 is 0 Å². The number of piperidine rings is 1. The lowest BCUT2D eigenvalue weighted by Crippen LogP contribution is -2.45. The summed E-state index contributed by atoms with van der Waals surface area (Å²) in [6, 6.07) is 2.80. The summed E-state index contributed by atoms with van der Waals surface area (Å²) >= 11 is -2.05. The van der Waals surface area contributed by atoms with Crippen LogP contribution in [0.15, 0.2) is 24.4 Å². The number of benzene rings is 1. The Morgan fingerprint density at radius 3 is 2.46 bits per heavy atom. The van der Waals surface area contributed by atoms with Gasteiger partial charge in [0, 0.05) is 19.1 Å². The van der Waals surface area contributed by atoms with E-state index in [0.717, 1.165) is 24.4 Å². The Kier molecular flexibility index (Phi) is 6.11. The summed E-state index contributed by atoms with van der Waals surface area (Å²) in [6.07, 6.45) is 2.09. The van der Waals surface area contributed by atoms with E-state index in [2.05, 4.69) is 20.8 Å². The summed E-state index contributed by atoms with van der Waals surface area (Å²) in [7, 11) is 0. The first-order chi connectivity index (χ1) is 13.4. The van der Waals surface area contributed by atoms with Gasteiger partial charge in [-0.25, -0.2) is 17.3 Å². The van der Waals surface area contributed by atoms with Crippen molar-refractivity contribution in [1.29, 1.82) is 0 Å². The van der Waals surface area contributed by atoms with Gasteiger partial charge in [-0.2, -0.15) is 5.10 Å². The van der Waals surface area contributed by atoms with Gasteiger partial charge in [-0.1, -0.05) is 6.07 Å². The molecule has 4 N–H and O–H groups in total. The van der Waals surface area contributed by atoms with E-state index in [1.807, 2.05) is 0 Å². The lowest BCUT2D eigenvalue weighted by molar-refractivity contribution is 0.0919. The third kappa shape index (κ3) is 4.40. The Hall–Kier alpha value is -2.70. The highest BCUT2D eigenvalue weighted by Crippen LogP contribution is 2.18. The summed E-state index contributed by atoms with van der Waals surface area (Å²) < 4.78 is 48.9. The highest BCUT2D eigenvalue weighted by atomic mass is 32.2. The van der Waals surface area contributed by atoms with Crippen molar-refractivity contribution < 1.29 is 27.1 Å². The van der Waals surface area contributed by atoms with Crippen molar-refractivity contribution in [2.45, 2.75) is 18.9 Å². The van der Waals surface area contributed by atoms with Gasteiger partial charge in [-0.3, -0.25) is 19.2 Å². The van der Waals surface area contributed by atoms with Gasteiger partial charge in [0.2, 0.25) is 11.3 Å². The van der Waals surface area contributed by atoms with Gasteiger partial charge in [0.1, 0.15) is 22.9 Å². The first-order valence-electron chi connectivity index (χ1n) is 8.32. The number of carbonyl (C=O) groups is 2. The molecule has 0 radical (unpaired) electrons. The number of hydrogen-bond donors (Lipinski definition) is 4. The van der Waals surface area contributed by atoms with Crippen LogP contribution in [0.25, 0.3) is 0 Å². The number of halogens is 2. The van der Waals surface area contributed by atoms with Crippen LogP contribution in [-0.4, -0.2) is 54.2 Å². The predicted octanol–water partition coefficient (Wildman–Crippen LogP) is 1.27. The zero-order chi connectivity index (χ0) is 20.3. The molecule has 0 spiro atoms. The maximum atomic E-state index is 13.7. The largest absolute Gasteiger partial charge is 0.348 e. The smallest absolute Gasteiger partial charge is 0.271 e. The highest BCUT2D eigenvalue weighted by molar-refractivity contribution is 7.76. The normalized spacial score (nSPS) is 16.5. The number of amides is 2. The molecule has 0 saturated carbocycles. The van der Waals surface area contributed by atoms with Crippen molar-refractivity contribution in [2.24, 2.45) is 0 Å². The standard InChI is InChI=1S/C16H17F2N5O4S/c17-10-2-1-3-11(18)13(10)15(24)21-12-8-19-22-14(12)16(25)20-9-4-6-23(7-5-9)28(26)27/h1-3,8-9H,4-7H2,(H,19,22)(H,20,25)(H,21,24)(H,26,27). The number of carbonyl (C=O) groups excluding carboxylic acids is 2. The molecule has 150 valence electrons. The van der Waals surface area contributed by atoms with E-state index in [1.54, 1.807) is 0 Å². The summed E-state index contributed by atoms with van der Waals surface area (Å²) in [5.74, 6) is -3.67. The van der Waals surface area contributed by atoms with Crippen LogP contribution < -0.4 is 10.6 Å². The van der Waals surface area contributed by atoms with Crippen molar-refractivity contribution in [2.75, 3.05) is 18.4 Å². The molecule has 2 heterocycles. The Balaban J connectivity index is 1.66. The monoisotopic (exact) mass is 413 g/mol. The second kappa shape index (κ2) is 8.54. The highest BCUT2D eigenvalue weighted by Gasteiger charge is 2.26. The maximum Gasteiger partial charge on any atom is 0.271 e. The van der Waals surface area contributed by atoms with Gasteiger partial charge in [0.15, 0.2) is 0 Å².